The maximum atomic E-state index is 10.4. The molecular formula is C7H5NO3. The van der Waals surface area contributed by atoms with Crippen LogP contribution in [0.3, 0.4) is 0 Å². The van der Waals surface area contributed by atoms with Gasteiger partial charge in [-0.25, -0.2) is 4.79 Å². The number of rotatable bonds is 2. The third-order valence-corrected chi connectivity index (χ3v) is 1.23. The summed E-state index contributed by atoms with van der Waals surface area (Å²) < 4.78 is 0. The molecule has 0 unspecified atom stereocenters. The zero-order valence-electron chi connectivity index (χ0n) is 5.52. The summed E-state index contributed by atoms with van der Waals surface area (Å²) in [6.45, 7) is 0. The van der Waals surface area contributed by atoms with Gasteiger partial charge in [0, 0.05) is 0 Å². The van der Waals surface area contributed by atoms with Crippen molar-refractivity contribution in [2.24, 2.45) is 5.18 Å². The lowest BCUT2D eigenvalue weighted by molar-refractivity contribution is 0.0698. The van der Waals surface area contributed by atoms with Gasteiger partial charge >= 0.3 is 5.97 Å². The highest BCUT2D eigenvalue weighted by Gasteiger charge is 2.07. The number of aromatic carboxylic acids is 1. The molecule has 0 fully saturated rings. The molecule has 1 aromatic carbocycles. The van der Waals surface area contributed by atoms with Crippen LogP contribution in [0.5, 0.6) is 0 Å². The van der Waals surface area contributed by atoms with Crippen LogP contribution in [0.1, 0.15) is 10.4 Å². The molecule has 0 atom stereocenters. The van der Waals surface area contributed by atoms with E-state index in [2.05, 4.69) is 5.18 Å². The predicted octanol–water partition coefficient (Wildman–Crippen LogP) is 1.78. The van der Waals surface area contributed by atoms with Crippen molar-refractivity contribution in [1.29, 1.82) is 0 Å². The first-order chi connectivity index (χ1) is 5.25. The van der Waals surface area contributed by atoms with Gasteiger partial charge in [-0.15, -0.1) is 4.91 Å². The third-order valence-electron chi connectivity index (χ3n) is 1.23. The van der Waals surface area contributed by atoms with E-state index in [1.165, 1.54) is 18.2 Å². The van der Waals surface area contributed by atoms with Gasteiger partial charge in [0.15, 0.2) is 0 Å². The Kier molecular flexibility index (Phi) is 1.96. The Morgan fingerprint density at radius 1 is 1.36 bits per heavy atom. The number of hydrogen-bond donors (Lipinski definition) is 1. The summed E-state index contributed by atoms with van der Waals surface area (Å²) in [7, 11) is 0. The highest BCUT2D eigenvalue weighted by atomic mass is 16.4. The average molecular weight is 151 g/mol. The lowest BCUT2D eigenvalue weighted by Gasteiger charge is -1.94. The van der Waals surface area contributed by atoms with E-state index in [-0.39, 0.29) is 11.3 Å². The van der Waals surface area contributed by atoms with Crippen LogP contribution in [0.4, 0.5) is 5.69 Å². The van der Waals surface area contributed by atoms with Gasteiger partial charge in [-0.3, -0.25) is 0 Å². The topological polar surface area (TPSA) is 66.7 Å². The number of carbonyl (C=O) groups is 1. The molecule has 0 spiro atoms. The van der Waals surface area contributed by atoms with Crippen molar-refractivity contribution in [2.75, 3.05) is 0 Å². The SMILES string of the molecule is O=Nc1ccccc1C(=O)O. The van der Waals surface area contributed by atoms with Crippen molar-refractivity contribution < 1.29 is 9.90 Å². The Hall–Kier alpha value is -1.71. The predicted molar refractivity (Wildman–Crippen MR) is 38.9 cm³/mol. The number of nitroso groups, excluding NO2 is 1. The molecule has 0 radical (unpaired) electrons. The fourth-order valence-electron chi connectivity index (χ4n) is 0.734. The summed E-state index contributed by atoms with van der Waals surface area (Å²) >= 11 is 0. The van der Waals surface area contributed by atoms with Crippen molar-refractivity contribution >= 4 is 11.7 Å². The maximum absolute atomic E-state index is 10.4. The first kappa shape index (κ1) is 7.40. The summed E-state index contributed by atoms with van der Waals surface area (Å²) in [6.07, 6.45) is 0. The largest absolute Gasteiger partial charge is 0.478 e. The molecule has 0 heterocycles. The number of benzene rings is 1. The van der Waals surface area contributed by atoms with Gasteiger partial charge in [0.05, 0.1) is 5.56 Å². The highest BCUT2D eigenvalue weighted by molar-refractivity contribution is 5.93. The van der Waals surface area contributed by atoms with E-state index >= 15 is 0 Å². The molecule has 0 amide bonds. The summed E-state index contributed by atoms with van der Waals surface area (Å²) in [4.78, 5) is 20.4. The molecule has 4 nitrogen and oxygen atoms in total. The molecule has 0 aliphatic carbocycles. The minimum Gasteiger partial charge on any atom is -0.478 e. The molecule has 0 aromatic heterocycles. The minimum atomic E-state index is -1.14. The average Bonchev–Trinajstić information content (AvgIpc) is 2.04. The van der Waals surface area contributed by atoms with Gasteiger partial charge in [-0.05, 0) is 17.3 Å². The summed E-state index contributed by atoms with van der Waals surface area (Å²) in [5.74, 6) is -1.14. The van der Waals surface area contributed by atoms with E-state index in [1.807, 2.05) is 0 Å². The molecule has 4 heteroatoms. The molecule has 56 valence electrons. The quantitative estimate of drug-likeness (QED) is 0.655. The third kappa shape index (κ3) is 1.40. The zero-order valence-corrected chi connectivity index (χ0v) is 5.52. The van der Waals surface area contributed by atoms with Crippen LogP contribution in [0.15, 0.2) is 29.4 Å². The molecule has 0 saturated carbocycles. The Morgan fingerprint density at radius 2 is 2.00 bits per heavy atom. The van der Waals surface area contributed by atoms with Gasteiger partial charge in [-0.2, -0.15) is 0 Å². The maximum Gasteiger partial charge on any atom is 0.338 e. The van der Waals surface area contributed by atoms with Crippen LogP contribution < -0.4 is 0 Å². The van der Waals surface area contributed by atoms with E-state index in [9.17, 15) is 9.70 Å². The molecular weight excluding hydrogens is 146 g/mol. The van der Waals surface area contributed by atoms with Crippen LogP contribution in [0.25, 0.3) is 0 Å². The highest BCUT2D eigenvalue weighted by Crippen LogP contribution is 2.17. The van der Waals surface area contributed by atoms with Crippen LogP contribution >= 0.6 is 0 Å². The monoisotopic (exact) mass is 151 g/mol. The second kappa shape index (κ2) is 2.92. The van der Waals surface area contributed by atoms with Gasteiger partial charge in [0.2, 0.25) is 0 Å². The van der Waals surface area contributed by atoms with Crippen LogP contribution in [-0.2, 0) is 0 Å². The number of carboxylic acid groups (broad SMARTS) is 1. The van der Waals surface area contributed by atoms with E-state index in [0.29, 0.717) is 0 Å². The first-order valence-electron chi connectivity index (χ1n) is 2.91. The van der Waals surface area contributed by atoms with E-state index < -0.39 is 5.97 Å². The molecule has 0 saturated heterocycles. The summed E-state index contributed by atoms with van der Waals surface area (Å²) in [5.41, 5.74) is -0.109. The smallest absolute Gasteiger partial charge is 0.338 e. The number of hydrogen-bond acceptors (Lipinski definition) is 3. The Morgan fingerprint density at radius 3 is 2.45 bits per heavy atom. The molecule has 0 aliphatic heterocycles. The molecule has 11 heavy (non-hydrogen) atoms. The van der Waals surface area contributed by atoms with E-state index in [1.54, 1.807) is 6.07 Å². The lowest BCUT2D eigenvalue weighted by atomic mass is 10.2. The molecule has 0 bridgehead atoms. The van der Waals surface area contributed by atoms with Crippen molar-refractivity contribution in [1.82, 2.24) is 0 Å². The van der Waals surface area contributed by atoms with Crippen LogP contribution in [0, 0.1) is 4.91 Å². The first-order valence-corrected chi connectivity index (χ1v) is 2.91. The molecule has 0 aliphatic rings. The van der Waals surface area contributed by atoms with Gasteiger partial charge in [0.25, 0.3) is 0 Å². The fraction of sp³-hybridized carbons (Fsp3) is 0. The van der Waals surface area contributed by atoms with E-state index in [0.717, 1.165) is 0 Å². The lowest BCUT2D eigenvalue weighted by Crippen LogP contribution is -1.95. The Balaban J connectivity index is 3.22. The zero-order chi connectivity index (χ0) is 8.27. The molecule has 1 aromatic rings. The summed E-state index contributed by atoms with van der Waals surface area (Å²) in [6, 6.07) is 5.79. The van der Waals surface area contributed by atoms with Gasteiger partial charge in [-0.1, -0.05) is 12.1 Å². The second-order valence-corrected chi connectivity index (χ2v) is 1.91. The summed E-state index contributed by atoms with van der Waals surface area (Å²) in [5, 5.41) is 11.1. The van der Waals surface area contributed by atoms with Crippen molar-refractivity contribution in [3.63, 3.8) is 0 Å². The van der Waals surface area contributed by atoms with Gasteiger partial charge < -0.3 is 5.11 Å². The fourth-order valence-corrected chi connectivity index (χ4v) is 0.734. The number of carboxylic acids is 1. The van der Waals surface area contributed by atoms with Crippen LogP contribution in [0.2, 0.25) is 0 Å². The van der Waals surface area contributed by atoms with Crippen LogP contribution in [-0.4, -0.2) is 11.1 Å². The minimum absolute atomic E-state index is 0.0417. The van der Waals surface area contributed by atoms with Crippen molar-refractivity contribution in [3.8, 4) is 0 Å². The second-order valence-electron chi connectivity index (χ2n) is 1.91. The molecule has 1 N–H and O–H groups in total. The molecule has 1 rings (SSSR count). The van der Waals surface area contributed by atoms with Crippen molar-refractivity contribution in [2.45, 2.75) is 0 Å². The standard InChI is InChI=1S/C7H5NO3/c9-7(10)5-3-1-2-4-6(5)8-11/h1-4H,(H,9,10). The van der Waals surface area contributed by atoms with Gasteiger partial charge in [0.1, 0.15) is 5.69 Å². The Bertz CT molecular complexity index is 295. The van der Waals surface area contributed by atoms with Crippen molar-refractivity contribution in [3.05, 3.63) is 34.7 Å². The number of nitrogens with zero attached hydrogens (tertiary/aromatic N) is 1. The Labute approximate surface area is 62.4 Å². The normalized spacial score (nSPS) is 9.09. The van der Waals surface area contributed by atoms with E-state index in [4.69, 9.17) is 5.11 Å².